The maximum atomic E-state index is 12.7. The van der Waals surface area contributed by atoms with Crippen molar-refractivity contribution in [3.8, 4) is 11.1 Å². The van der Waals surface area contributed by atoms with Gasteiger partial charge in [0.05, 0.1) is 4.90 Å². The van der Waals surface area contributed by atoms with Gasteiger partial charge in [-0.15, -0.1) is 0 Å². The van der Waals surface area contributed by atoms with Crippen LogP contribution >= 0.6 is 0 Å². The van der Waals surface area contributed by atoms with E-state index < -0.39 is 28.6 Å². The second-order valence-electron chi connectivity index (χ2n) is 7.99. The predicted octanol–water partition coefficient (Wildman–Crippen LogP) is 3.11. The predicted molar refractivity (Wildman–Crippen MR) is 123 cm³/mol. The van der Waals surface area contributed by atoms with Crippen molar-refractivity contribution in [2.75, 3.05) is 6.61 Å². The molecule has 3 aromatic carbocycles. The number of carbonyl (C=O) groups excluding carboxylic acids is 2. The van der Waals surface area contributed by atoms with E-state index in [-0.39, 0.29) is 16.5 Å². The lowest BCUT2D eigenvalue weighted by Gasteiger charge is -2.09. The fourth-order valence-corrected chi connectivity index (χ4v) is 5.35. The summed E-state index contributed by atoms with van der Waals surface area (Å²) < 4.78 is 31.9. The third-order valence-corrected chi connectivity index (χ3v) is 7.19. The molecule has 0 bridgehead atoms. The van der Waals surface area contributed by atoms with Gasteiger partial charge in [-0.2, -0.15) is 0 Å². The molecule has 2 aliphatic rings. The van der Waals surface area contributed by atoms with E-state index in [9.17, 15) is 18.0 Å². The molecular weight excluding hydrogens is 440 g/mol. The first-order valence-electron chi connectivity index (χ1n) is 10.4. The summed E-state index contributed by atoms with van der Waals surface area (Å²) in [6, 6.07) is 19.0. The average Bonchev–Trinajstić information content (AvgIpc) is 3.31. The van der Waals surface area contributed by atoms with Crippen molar-refractivity contribution in [2.45, 2.75) is 24.3 Å². The molecule has 7 nitrogen and oxygen atoms in total. The minimum absolute atomic E-state index is 0.0821. The smallest absolute Gasteiger partial charge is 0.331 e. The van der Waals surface area contributed by atoms with E-state index in [4.69, 9.17) is 4.74 Å². The van der Waals surface area contributed by atoms with Gasteiger partial charge in [0.25, 0.3) is 10.0 Å². The Morgan fingerprint density at radius 3 is 2.48 bits per heavy atom. The van der Waals surface area contributed by atoms with Crippen LogP contribution in [0, 0.1) is 0 Å². The number of ketones is 1. The summed E-state index contributed by atoms with van der Waals surface area (Å²) in [5.41, 5.74) is 5.38. The van der Waals surface area contributed by atoms with Gasteiger partial charge in [0.2, 0.25) is 0 Å². The Bertz CT molecular complexity index is 1440. The van der Waals surface area contributed by atoms with E-state index in [0.29, 0.717) is 11.1 Å². The van der Waals surface area contributed by atoms with Gasteiger partial charge < -0.3 is 4.74 Å². The minimum Gasteiger partial charge on any atom is -0.456 e. The Morgan fingerprint density at radius 1 is 0.970 bits per heavy atom. The molecule has 1 N–H and O–H groups in total. The van der Waals surface area contributed by atoms with Gasteiger partial charge in [0.15, 0.2) is 12.4 Å². The van der Waals surface area contributed by atoms with Gasteiger partial charge in [-0.1, -0.05) is 48.5 Å². The average molecular weight is 461 g/mol. The number of nitrogens with one attached hydrogen (secondary N) is 1. The molecule has 1 unspecified atom stereocenters. The van der Waals surface area contributed by atoms with E-state index in [1.54, 1.807) is 24.3 Å². The monoisotopic (exact) mass is 460 g/mol. The zero-order valence-electron chi connectivity index (χ0n) is 17.7. The van der Waals surface area contributed by atoms with Crippen molar-refractivity contribution in [3.05, 3.63) is 89.0 Å². The molecule has 166 valence electrons. The van der Waals surface area contributed by atoms with Gasteiger partial charge in [-0.25, -0.2) is 13.2 Å². The van der Waals surface area contributed by atoms with Crippen molar-refractivity contribution in [3.63, 3.8) is 0 Å². The number of rotatable bonds is 5. The first-order valence-corrected chi connectivity index (χ1v) is 11.9. The van der Waals surface area contributed by atoms with Crippen LogP contribution in [-0.2, 0) is 26.0 Å². The van der Waals surface area contributed by atoms with Gasteiger partial charge in [-0.3, -0.25) is 14.5 Å². The number of ether oxygens (including phenoxy) is 1. The molecule has 0 radical (unpaired) electrons. The number of amidine groups is 1. The summed E-state index contributed by atoms with van der Waals surface area (Å²) in [6.45, 7) is 1.07. The Balaban J connectivity index is 1.27. The van der Waals surface area contributed by atoms with Crippen molar-refractivity contribution >= 4 is 27.6 Å². The molecule has 0 saturated heterocycles. The number of esters is 1. The van der Waals surface area contributed by atoms with Crippen LogP contribution in [0.3, 0.4) is 0 Å². The number of hydrogen-bond donors (Lipinski definition) is 1. The Hall–Kier alpha value is -3.78. The number of hydrogen-bond acceptors (Lipinski definition) is 6. The molecule has 0 amide bonds. The van der Waals surface area contributed by atoms with Gasteiger partial charge >= 0.3 is 5.97 Å². The number of benzene rings is 3. The second-order valence-corrected chi connectivity index (χ2v) is 9.64. The Kier molecular flexibility index (Phi) is 5.09. The molecule has 1 atom stereocenters. The van der Waals surface area contributed by atoms with Crippen LogP contribution in [0.2, 0.25) is 0 Å². The van der Waals surface area contributed by atoms with Crippen LogP contribution in [0.1, 0.15) is 34.0 Å². The molecule has 1 aliphatic carbocycles. The van der Waals surface area contributed by atoms with E-state index in [1.807, 2.05) is 30.3 Å². The summed E-state index contributed by atoms with van der Waals surface area (Å²) in [4.78, 5) is 29.4. The van der Waals surface area contributed by atoms with Crippen molar-refractivity contribution in [1.82, 2.24) is 4.72 Å². The van der Waals surface area contributed by atoms with E-state index in [2.05, 4.69) is 15.8 Å². The van der Waals surface area contributed by atoms with Crippen molar-refractivity contribution in [2.24, 2.45) is 4.99 Å². The zero-order chi connectivity index (χ0) is 23.2. The molecule has 5 rings (SSSR count). The largest absolute Gasteiger partial charge is 0.456 e. The standard InChI is InChI=1S/C25H20N2O5S/c1-15(26-24-20-8-4-5-9-23(20)33(30,31)27-24)25(29)32-14-22(28)18-11-10-17-12-16-6-2-3-7-19(16)21(17)13-18/h2-11,13,15H,12,14H2,1H3,(H,26,27). The van der Waals surface area contributed by atoms with Crippen LogP contribution in [0.15, 0.2) is 76.6 Å². The summed E-state index contributed by atoms with van der Waals surface area (Å²) in [7, 11) is -3.70. The quantitative estimate of drug-likeness (QED) is 0.364. The van der Waals surface area contributed by atoms with Gasteiger partial charge in [-0.05, 0) is 53.8 Å². The first kappa shape index (κ1) is 21.1. The SMILES string of the molecule is CC(N=C1NS(=O)(=O)c2ccccc21)C(=O)OCC(=O)c1ccc2c(c1)-c1ccccc1C2. The molecule has 1 heterocycles. The molecule has 0 aromatic heterocycles. The van der Waals surface area contributed by atoms with Crippen LogP contribution in [-0.4, -0.2) is 38.7 Å². The molecule has 0 spiro atoms. The summed E-state index contributed by atoms with van der Waals surface area (Å²) in [5, 5.41) is 0. The van der Waals surface area contributed by atoms with Crippen LogP contribution < -0.4 is 4.72 Å². The van der Waals surface area contributed by atoms with E-state index in [1.165, 1.54) is 18.6 Å². The molecule has 3 aromatic rings. The summed E-state index contributed by atoms with van der Waals surface area (Å²) in [6.07, 6.45) is 0.833. The normalized spacial score (nSPS) is 16.9. The third kappa shape index (κ3) is 3.82. The van der Waals surface area contributed by atoms with Crippen LogP contribution in [0.5, 0.6) is 0 Å². The summed E-state index contributed by atoms with van der Waals surface area (Å²) >= 11 is 0. The second kappa shape index (κ2) is 7.97. The highest BCUT2D eigenvalue weighted by Crippen LogP contribution is 2.36. The lowest BCUT2D eigenvalue weighted by atomic mass is 10.0. The van der Waals surface area contributed by atoms with Crippen LogP contribution in [0.4, 0.5) is 0 Å². The van der Waals surface area contributed by atoms with E-state index >= 15 is 0 Å². The Morgan fingerprint density at radius 2 is 1.67 bits per heavy atom. The lowest BCUT2D eigenvalue weighted by Crippen LogP contribution is -2.27. The Labute approximate surface area is 191 Å². The number of fused-ring (bicyclic) bond motifs is 4. The number of Topliss-reactive ketones (excluding diaryl/α,β-unsaturated/α-hetero) is 1. The first-order chi connectivity index (χ1) is 15.8. The maximum absolute atomic E-state index is 12.7. The van der Waals surface area contributed by atoms with E-state index in [0.717, 1.165) is 23.1 Å². The molecule has 1 aliphatic heterocycles. The molecule has 0 fully saturated rings. The number of aliphatic imine (C=N–C) groups is 1. The molecule has 33 heavy (non-hydrogen) atoms. The highest BCUT2D eigenvalue weighted by Gasteiger charge is 2.31. The molecule has 8 heteroatoms. The fourth-order valence-electron chi connectivity index (χ4n) is 4.11. The van der Waals surface area contributed by atoms with Crippen molar-refractivity contribution in [1.29, 1.82) is 0 Å². The number of carbonyl (C=O) groups is 2. The zero-order valence-corrected chi connectivity index (χ0v) is 18.6. The molecular formula is C25H20N2O5S. The number of nitrogens with zero attached hydrogens (tertiary/aromatic N) is 1. The minimum atomic E-state index is -3.70. The number of sulfonamides is 1. The molecule has 0 saturated carbocycles. The third-order valence-electron chi connectivity index (χ3n) is 5.79. The van der Waals surface area contributed by atoms with Gasteiger partial charge in [0, 0.05) is 11.1 Å². The lowest BCUT2D eigenvalue weighted by molar-refractivity contribution is -0.143. The maximum Gasteiger partial charge on any atom is 0.331 e. The van der Waals surface area contributed by atoms with Gasteiger partial charge in [0.1, 0.15) is 11.9 Å². The van der Waals surface area contributed by atoms with Crippen molar-refractivity contribution < 1.29 is 22.7 Å². The summed E-state index contributed by atoms with van der Waals surface area (Å²) in [5.74, 6) is -0.952. The van der Waals surface area contributed by atoms with Crippen LogP contribution in [0.25, 0.3) is 11.1 Å². The highest BCUT2D eigenvalue weighted by atomic mass is 32.2. The fraction of sp³-hybridized carbons (Fsp3) is 0.160. The topological polar surface area (TPSA) is 102 Å². The highest BCUT2D eigenvalue weighted by molar-refractivity contribution is 7.90.